The fraction of sp³-hybridized carbons (Fsp3) is 0.786. The van der Waals surface area contributed by atoms with Gasteiger partial charge in [0.2, 0.25) is 11.6 Å². The third kappa shape index (κ3) is 2.88. The molecule has 1 aliphatic heterocycles. The molecule has 2 fully saturated rings. The molecule has 21 heavy (non-hydrogen) atoms. The number of hydrogen-bond acceptors (Lipinski definition) is 5. The Bertz CT molecular complexity index is 532. The van der Waals surface area contributed by atoms with Crippen LogP contribution in [0.3, 0.4) is 0 Å². The Kier molecular flexibility index (Phi) is 3.84. The molecule has 0 unspecified atom stereocenters. The first-order chi connectivity index (χ1) is 10.1. The molecule has 1 saturated carbocycles. The Morgan fingerprint density at radius 1 is 1.38 bits per heavy atom. The first-order valence-electron chi connectivity index (χ1n) is 7.73. The van der Waals surface area contributed by atoms with E-state index in [0.717, 1.165) is 45.3 Å². The summed E-state index contributed by atoms with van der Waals surface area (Å²) < 4.78 is 1.87. The Morgan fingerprint density at radius 3 is 2.62 bits per heavy atom. The van der Waals surface area contributed by atoms with Gasteiger partial charge < -0.3 is 20.3 Å². The molecule has 3 rings (SSSR count). The molecule has 116 valence electrons. The van der Waals surface area contributed by atoms with Crippen molar-refractivity contribution in [3.8, 4) is 0 Å². The van der Waals surface area contributed by atoms with Crippen LogP contribution in [0.25, 0.3) is 0 Å². The number of rotatable bonds is 5. The van der Waals surface area contributed by atoms with Crippen LogP contribution >= 0.6 is 0 Å². The summed E-state index contributed by atoms with van der Waals surface area (Å²) >= 11 is 0. The smallest absolute Gasteiger partial charge is 0.358 e. The van der Waals surface area contributed by atoms with Gasteiger partial charge in [-0.25, -0.2) is 0 Å². The maximum absolute atomic E-state index is 11.3. The van der Waals surface area contributed by atoms with Crippen LogP contribution in [0.2, 0.25) is 0 Å². The topological polar surface area (TPSA) is 76.2 Å². The molecule has 1 saturated heterocycles. The zero-order valence-electron chi connectivity index (χ0n) is 12.7. The molecule has 2 aliphatic rings. The molecule has 1 aromatic rings. The largest absolute Gasteiger partial charge is 0.406 e. The van der Waals surface area contributed by atoms with Crippen molar-refractivity contribution in [1.29, 1.82) is 0 Å². The lowest BCUT2D eigenvalue weighted by molar-refractivity contribution is -0.388. The molecular weight excluding hydrogens is 270 g/mol. The van der Waals surface area contributed by atoms with E-state index in [1.165, 1.54) is 0 Å². The number of nitrogens with one attached hydrogen (secondary N) is 1. The fourth-order valence-electron chi connectivity index (χ4n) is 3.16. The number of nitrogens with zero attached hydrogens (tertiary/aromatic N) is 4. The third-order valence-corrected chi connectivity index (χ3v) is 4.62. The zero-order chi connectivity index (χ0) is 15.0. The van der Waals surface area contributed by atoms with Crippen LogP contribution in [0.15, 0.2) is 0 Å². The molecule has 0 radical (unpaired) electrons. The summed E-state index contributed by atoms with van der Waals surface area (Å²) in [5.41, 5.74) is 0. The van der Waals surface area contributed by atoms with E-state index in [1.54, 1.807) is 0 Å². The first-order valence-corrected chi connectivity index (χ1v) is 7.73. The van der Waals surface area contributed by atoms with E-state index in [-0.39, 0.29) is 10.7 Å². The van der Waals surface area contributed by atoms with Crippen LogP contribution in [0.1, 0.15) is 31.5 Å². The molecule has 0 spiro atoms. The maximum Gasteiger partial charge on any atom is 0.406 e. The third-order valence-electron chi connectivity index (χ3n) is 4.62. The van der Waals surface area contributed by atoms with Crippen molar-refractivity contribution < 1.29 is 4.92 Å². The van der Waals surface area contributed by atoms with Gasteiger partial charge >= 0.3 is 5.82 Å². The molecule has 0 amide bonds. The van der Waals surface area contributed by atoms with Crippen molar-refractivity contribution in [2.45, 2.75) is 38.6 Å². The average molecular weight is 293 g/mol. The summed E-state index contributed by atoms with van der Waals surface area (Å²) in [4.78, 5) is 17.4. The number of aryl methyl sites for hydroxylation is 1. The van der Waals surface area contributed by atoms with Gasteiger partial charge in [-0.2, -0.15) is 0 Å². The van der Waals surface area contributed by atoms with Crippen molar-refractivity contribution in [2.75, 3.05) is 24.5 Å². The minimum absolute atomic E-state index is 0.0100. The molecule has 1 aliphatic carbocycles. The highest BCUT2D eigenvalue weighted by Gasteiger charge is 2.38. The molecule has 0 aromatic carbocycles. The molecule has 0 atom stereocenters. The number of imidazole rings is 1. The van der Waals surface area contributed by atoms with Gasteiger partial charge in [-0.15, -0.1) is 0 Å². The van der Waals surface area contributed by atoms with Crippen molar-refractivity contribution in [1.82, 2.24) is 14.9 Å². The van der Waals surface area contributed by atoms with E-state index in [2.05, 4.69) is 15.2 Å². The van der Waals surface area contributed by atoms with Crippen LogP contribution in [0.5, 0.6) is 0 Å². The van der Waals surface area contributed by atoms with Gasteiger partial charge in [0, 0.05) is 26.6 Å². The van der Waals surface area contributed by atoms with Crippen LogP contribution in [0.4, 0.5) is 11.6 Å². The molecular formula is C14H23N5O2. The Hall–Kier alpha value is -1.63. The molecule has 1 N–H and O–H groups in total. The summed E-state index contributed by atoms with van der Waals surface area (Å²) in [6, 6.07) is 0.452. The molecule has 7 nitrogen and oxygen atoms in total. The summed E-state index contributed by atoms with van der Waals surface area (Å²) in [5, 5.41) is 14.7. The molecule has 1 aromatic heterocycles. The Labute approximate surface area is 124 Å². The lowest BCUT2D eigenvalue weighted by atomic mass is 9.97. The second-order valence-electron chi connectivity index (χ2n) is 6.20. The van der Waals surface area contributed by atoms with E-state index in [4.69, 9.17) is 0 Å². The lowest BCUT2D eigenvalue weighted by Crippen LogP contribution is -2.38. The van der Waals surface area contributed by atoms with Gasteiger partial charge in [0.15, 0.2) is 0 Å². The first kappa shape index (κ1) is 14.3. The van der Waals surface area contributed by atoms with Crippen molar-refractivity contribution in [3.05, 3.63) is 15.9 Å². The van der Waals surface area contributed by atoms with Crippen LogP contribution < -0.4 is 10.2 Å². The second kappa shape index (κ2) is 5.63. The summed E-state index contributed by atoms with van der Waals surface area (Å²) in [6.07, 6.45) is 4.56. The number of hydrogen-bond donors (Lipinski definition) is 1. The summed E-state index contributed by atoms with van der Waals surface area (Å²) in [6.45, 7) is 4.84. The SMILES string of the molecule is Cc1nc([N+](=O)[O-])c(N(CC2CCNCC2)C2CC2)n1C. The van der Waals surface area contributed by atoms with E-state index in [9.17, 15) is 10.1 Å². The Morgan fingerprint density at radius 2 is 2.05 bits per heavy atom. The standard InChI is InChI=1S/C14H23N5O2/c1-10-16-13(19(20)21)14(17(10)2)18(12-3-4-12)9-11-5-7-15-8-6-11/h11-12,15H,3-9H2,1-2H3. The van der Waals surface area contributed by atoms with Gasteiger partial charge in [0.25, 0.3) is 0 Å². The number of piperidine rings is 1. The van der Waals surface area contributed by atoms with Gasteiger partial charge in [-0.1, -0.05) is 0 Å². The van der Waals surface area contributed by atoms with Gasteiger partial charge in [0.1, 0.15) is 0 Å². The van der Waals surface area contributed by atoms with Gasteiger partial charge in [-0.3, -0.25) is 4.57 Å². The summed E-state index contributed by atoms with van der Waals surface area (Å²) in [5.74, 6) is 2.02. The van der Waals surface area contributed by atoms with E-state index < -0.39 is 0 Å². The number of aromatic nitrogens is 2. The predicted molar refractivity (Wildman–Crippen MR) is 80.6 cm³/mol. The fourth-order valence-corrected chi connectivity index (χ4v) is 3.16. The minimum atomic E-state index is -0.347. The zero-order valence-corrected chi connectivity index (χ0v) is 12.7. The van der Waals surface area contributed by atoms with Gasteiger partial charge in [0.05, 0.1) is 0 Å². The quantitative estimate of drug-likeness (QED) is 0.659. The predicted octanol–water partition coefficient (Wildman–Crippen LogP) is 1.61. The van der Waals surface area contributed by atoms with E-state index >= 15 is 0 Å². The molecule has 7 heteroatoms. The van der Waals surface area contributed by atoms with Crippen molar-refractivity contribution in [3.63, 3.8) is 0 Å². The normalized spacial score (nSPS) is 19.7. The van der Waals surface area contributed by atoms with Crippen LogP contribution in [-0.4, -0.2) is 40.2 Å². The second-order valence-corrected chi connectivity index (χ2v) is 6.20. The Balaban J connectivity index is 1.88. The highest BCUT2D eigenvalue weighted by molar-refractivity contribution is 5.57. The van der Waals surface area contributed by atoms with E-state index in [1.807, 2.05) is 18.5 Å². The molecule has 2 heterocycles. The van der Waals surface area contributed by atoms with E-state index in [0.29, 0.717) is 23.6 Å². The van der Waals surface area contributed by atoms with Crippen molar-refractivity contribution in [2.24, 2.45) is 13.0 Å². The summed E-state index contributed by atoms with van der Waals surface area (Å²) in [7, 11) is 1.88. The number of anilines is 1. The van der Waals surface area contributed by atoms with Gasteiger partial charge in [-0.05, 0) is 54.6 Å². The van der Waals surface area contributed by atoms with Crippen LogP contribution in [0, 0.1) is 23.0 Å². The lowest BCUT2D eigenvalue weighted by Gasteiger charge is -2.31. The highest BCUT2D eigenvalue weighted by Crippen LogP contribution is 2.38. The van der Waals surface area contributed by atoms with Crippen LogP contribution in [-0.2, 0) is 7.05 Å². The minimum Gasteiger partial charge on any atom is -0.358 e. The van der Waals surface area contributed by atoms with Crippen molar-refractivity contribution >= 4 is 11.6 Å². The monoisotopic (exact) mass is 293 g/mol. The highest BCUT2D eigenvalue weighted by atomic mass is 16.6. The number of nitro groups is 1. The molecule has 0 bridgehead atoms. The average Bonchev–Trinajstić information content (AvgIpc) is 3.26. The maximum atomic E-state index is 11.3.